The number of rotatable bonds is 7. The number of imidazole rings is 1. The van der Waals surface area contributed by atoms with Crippen molar-refractivity contribution in [1.29, 1.82) is 0 Å². The molecule has 0 radical (unpaired) electrons. The lowest BCUT2D eigenvalue weighted by molar-refractivity contribution is -0.141. The summed E-state index contributed by atoms with van der Waals surface area (Å²) >= 11 is 0. The minimum absolute atomic E-state index is 0.00867. The van der Waals surface area contributed by atoms with Crippen LogP contribution in [0.2, 0.25) is 0 Å². The Morgan fingerprint density at radius 3 is 2.71 bits per heavy atom. The van der Waals surface area contributed by atoms with Gasteiger partial charge in [0, 0.05) is 19.2 Å². The Kier molecular flexibility index (Phi) is 6.27. The van der Waals surface area contributed by atoms with Gasteiger partial charge < -0.3 is 9.84 Å². The van der Waals surface area contributed by atoms with E-state index >= 15 is 0 Å². The number of fused-ring (bicyclic) bond motifs is 1. The lowest BCUT2D eigenvalue weighted by Gasteiger charge is -2.21. The average Bonchev–Trinajstić information content (AvgIpc) is 3.08. The SMILES string of the molecule is C[C@@H](CO)CC(=O)c1c(C(F)(F)F)nc2c(OCC3CCCCC3)cccn12. The molecule has 2 aromatic rings. The standard InChI is InChI=1S/C20H25F3N2O3/c1-13(11-26)10-15(27)17-18(20(21,22)23)24-19-16(8-5-9-25(17)19)28-12-14-6-3-2-4-7-14/h5,8-9,13-14,26H,2-4,6-7,10-12H2,1H3/t13-/m1/s1. The molecule has 0 bridgehead atoms. The van der Waals surface area contributed by atoms with Gasteiger partial charge in [0.15, 0.2) is 22.9 Å². The third-order valence-corrected chi connectivity index (χ3v) is 5.19. The molecule has 1 N–H and O–H groups in total. The zero-order valence-electron chi connectivity index (χ0n) is 15.8. The monoisotopic (exact) mass is 398 g/mol. The average molecular weight is 398 g/mol. The second kappa shape index (κ2) is 8.51. The minimum Gasteiger partial charge on any atom is -0.489 e. The zero-order chi connectivity index (χ0) is 20.3. The minimum atomic E-state index is -4.76. The molecule has 0 saturated heterocycles. The van der Waals surface area contributed by atoms with Gasteiger partial charge in [-0.25, -0.2) is 4.98 Å². The van der Waals surface area contributed by atoms with Crippen LogP contribution in [0.4, 0.5) is 13.2 Å². The van der Waals surface area contributed by atoms with Gasteiger partial charge in [0.2, 0.25) is 0 Å². The van der Waals surface area contributed by atoms with E-state index in [1.54, 1.807) is 19.1 Å². The summed E-state index contributed by atoms with van der Waals surface area (Å²) in [7, 11) is 0. The number of carbonyl (C=O) groups is 1. The second-order valence-corrected chi connectivity index (χ2v) is 7.60. The van der Waals surface area contributed by atoms with Crippen LogP contribution >= 0.6 is 0 Å². The van der Waals surface area contributed by atoms with Gasteiger partial charge >= 0.3 is 6.18 Å². The summed E-state index contributed by atoms with van der Waals surface area (Å²) in [6.45, 7) is 1.76. The molecule has 1 aliphatic rings. The highest BCUT2D eigenvalue weighted by atomic mass is 19.4. The first kappa shape index (κ1) is 20.6. The van der Waals surface area contributed by atoms with Crippen LogP contribution in [-0.2, 0) is 6.18 Å². The molecule has 8 heteroatoms. The van der Waals surface area contributed by atoms with E-state index in [-0.39, 0.29) is 24.4 Å². The molecule has 154 valence electrons. The summed E-state index contributed by atoms with van der Waals surface area (Å²) in [4.78, 5) is 16.3. The maximum absolute atomic E-state index is 13.6. The molecule has 2 heterocycles. The van der Waals surface area contributed by atoms with Gasteiger partial charge in [-0.15, -0.1) is 0 Å². The fourth-order valence-corrected chi connectivity index (χ4v) is 3.66. The van der Waals surface area contributed by atoms with Crippen LogP contribution in [0.3, 0.4) is 0 Å². The number of halogens is 3. The molecule has 1 fully saturated rings. The van der Waals surface area contributed by atoms with Crippen molar-refractivity contribution in [3.8, 4) is 5.75 Å². The normalized spacial score (nSPS) is 17.0. The number of hydrogen-bond donors (Lipinski definition) is 1. The number of alkyl halides is 3. The number of carbonyl (C=O) groups excluding carboxylic acids is 1. The van der Waals surface area contributed by atoms with Gasteiger partial charge in [-0.3, -0.25) is 9.20 Å². The van der Waals surface area contributed by atoms with E-state index in [9.17, 15) is 18.0 Å². The molecule has 28 heavy (non-hydrogen) atoms. The molecule has 0 amide bonds. The molecule has 0 unspecified atom stereocenters. The van der Waals surface area contributed by atoms with Crippen molar-refractivity contribution in [3.63, 3.8) is 0 Å². The second-order valence-electron chi connectivity index (χ2n) is 7.60. The Bertz CT molecular complexity index is 826. The zero-order valence-corrected chi connectivity index (χ0v) is 15.8. The van der Waals surface area contributed by atoms with E-state index in [0.29, 0.717) is 12.5 Å². The molecule has 1 saturated carbocycles. The number of ketones is 1. The lowest BCUT2D eigenvalue weighted by atomic mass is 9.90. The van der Waals surface area contributed by atoms with Gasteiger partial charge in [0.25, 0.3) is 0 Å². The first-order valence-corrected chi connectivity index (χ1v) is 9.66. The fourth-order valence-electron chi connectivity index (χ4n) is 3.66. The number of aromatic nitrogens is 2. The van der Waals surface area contributed by atoms with E-state index in [4.69, 9.17) is 9.84 Å². The molecular weight excluding hydrogens is 373 g/mol. The number of hydrogen-bond acceptors (Lipinski definition) is 4. The topological polar surface area (TPSA) is 63.8 Å². The van der Waals surface area contributed by atoms with E-state index in [2.05, 4.69) is 4.98 Å². The van der Waals surface area contributed by atoms with Crippen molar-refractivity contribution in [2.75, 3.05) is 13.2 Å². The van der Waals surface area contributed by atoms with Crippen molar-refractivity contribution in [2.24, 2.45) is 11.8 Å². The van der Waals surface area contributed by atoms with Crippen LogP contribution in [0.15, 0.2) is 18.3 Å². The largest absolute Gasteiger partial charge is 0.489 e. The van der Waals surface area contributed by atoms with E-state index in [1.165, 1.54) is 12.6 Å². The predicted molar refractivity (Wildman–Crippen MR) is 97.5 cm³/mol. The van der Waals surface area contributed by atoms with E-state index < -0.39 is 29.3 Å². The highest BCUT2D eigenvalue weighted by Gasteiger charge is 2.40. The molecule has 1 atom stereocenters. The molecule has 0 spiro atoms. The van der Waals surface area contributed by atoms with Crippen LogP contribution in [0.5, 0.6) is 5.75 Å². The van der Waals surface area contributed by atoms with Crippen molar-refractivity contribution in [1.82, 2.24) is 9.38 Å². The Hall–Kier alpha value is -2.09. The third kappa shape index (κ3) is 4.48. The number of nitrogens with zero attached hydrogens (tertiary/aromatic N) is 2. The third-order valence-electron chi connectivity index (χ3n) is 5.19. The Balaban J connectivity index is 1.96. The Morgan fingerprint density at radius 1 is 1.36 bits per heavy atom. The first-order valence-electron chi connectivity index (χ1n) is 9.66. The van der Waals surface area contributed by atoms with E-state index in [1.807, 2.05) is 0 Å². The molecule has 3 rings (SSSR count). The molecule has 5 nitrogen and oxygen atoms in total. The molecule has 2 aromatic heterocycles. The summed E-state index contributed by atoms with van der Waals surface area (Å²) in [5, 5.41) is 9.14. The van der Waals surface area contributed by atoms with Crippen molar-refractivity contribution < 1.29 is 27.8 Å². The number of aliphatic hydroxyl groups is 1. The summed E-state index contributed by atoms with van der Waals surface area (Å²) in [5.74, 6) is -0.513. The highest BCUT2D eigenvalue weighted by molar-refractivity contribution is 5.97. The smallest absolute Gasteiger partial charge is 0.435 e. The summed E-state index contributed by atoms with van der Waals surface area (Å²) in [5.41, 5.74) is -1.73. The predicted octanol–water partition coefficient (Wildman–Crippen LogP) is 4.51. The number of Topliss-reactive ketones (excluding diaryl/α,β-unsaturated/α-hetero) is 1. The summed E-state index contributed by atoms with van der Waals surface area (Å²) in [6, 6.07) is 3.13. The number of pyridine rings is 1. The highest BCUT2D eigenvalue weighted by Crippen LogP contribution is 2.35. The quantitative estimate of drug-likeness (QED) is 0.697. The van der Waals surface area contributed by atoms with Gasteiger partial charge in [-0.2, -0.15) is 13.2 Å². The first-order chi connectivity index (χ1) is 13.3. The van der Waals surface area contributed by atoms with Crippen molar-refractivity contribution >= 4 is 11.4 Å². The lowest BCUT2D eigenvalue weighted by Crippen LogP contribution is -2.17. The van der Waals surface area contributed by atoms with Crippen LogP contribution in [0.1, 0.15) is 61.6 Å². The van der Waals surface area contributed by atoms with Gasteiger partial charge in [0.1, 0.15) is 5.69 Å². The van der Waals surface area contributed by atoms with Gasteiger partial charge in [0.05, 0.1) is 6.61 Å². The fraction of sp³-hybridized carbons (Fsp3) is 0.600. The maximum Gasteiger partial charge on any atom is 0.435 e. The molecule has 0 aromatic carbocycles. The summed E-state index contributed by atoms with van der Waals surface area (Å²) in [6.07, 6.45) is 2.02. The van der Waals surface area contributed by atoms with Gasteiger partial charge in [-0.1, -0.05) is 26.2 Å². The molecule has 0 aliphatic heterocycles. The molecular formula is C20H25F3N2O3. The number of aliphatic hydroxyl groups excluding tert-OH is 1. The van der Waals surface area contributed by atoms with Crippen LogP contribution in [0.25, 0.3) is 5.65 Å². The maximum atomic E-state index is 13.6. The summed E-state index contributed by atoms with van der Waals surface area (Å²) < 4.78 is 47.6. The molecule has 1 aliphatic carbocycles. The van der Waals surface area contributed by atoms with Crippen LogP contribution in [-0.4, -0.2) is 33.5 Å². The van der Waals surface area contributed by atoms with Crippen LogP contribution < -0.4 is 4.74 Å². The number of ether oxygens (including phenoxy) is 1. The van der Waals surface area contributed by atoms with E-state index in [0.717, 1.165) is 30.1 Å². The van der Waals surface area contributed by atoms with Crippen molar-refractivity contribution in [3.05, 3.63) is 29.7 Å². The Labute approximate surface area is 161 Å². The van der Waals surface area contributed by atoms with Gasteiger partial charge in [-0.05, 0) is 36.8 Å². The van der Waals surface area contributed by atoms with Crippen LogP contribution in [0, 0.1) is 11.8 Å². The Morgan fingerprint density at radius 2 is 2.07 bits per heavy atom. The van der Waals surface area contributed by atoms with Crippen molar-refractivity contribution in [2.45, 2.75) is 51.6 Å².